The van der Waals surface area contributed by atoms with Crippen LogP contribution in [0, 0.1) is 0 Å². The number of anilines is 6. The third-order valence-corrected chi connectivity index (χ3v) is 19.3. The van der Waals surface area contributed by atoms with E-state index in [-0.39, 0.29) is 28.4 Å². The van der Waals surface area contributed by atoms with Crippen molar-refractivity contribution in [3.8, 4) is 44.5 Å². The largest absolute Gasteiger partial charge is 0.311 e. The molecule has 434 valence electrons. The summed E-state index contributed by atoms with van der Waals surface area (Å²) in [5.74, 6) is 0. The SMILES string of the molecule is CC(C)(C)c1cc(N2c3cc(-c4c(-c5ccccc5)cc(-c5ccccc5)cc4-c4ccccc4)cc4c3B(c3ccc5cc6ccccc6cc5c32)c2ccc3cc5ccccc5cc3c2N4c2cc(C(C)(C)C)cc(C(C)(C)C)c2)cc(C(C)(C)C)c1. The minimum absolute atomic E-state index is 0.146. The molecule has 0 radical (unpaired) electrons. The van der Waals surface area contributed by atoms with Crippen LogP contribution in [-0.2, 0) is 21.7 Å². The summed E-state index contributed by atoms with van der Waals surface area (Å²) in [5, 5.41) is 9.86. The van der Waals surface area contributed by atoms with E-state index >= 15 is 0 Å². The van der Waals surface area contributed by atoms with Crippen LogP contribution < -0.4 is 26.2 Å². The fourth-order valence-corrected chi connectivity index (χ4v) is 14.3. The summed E-state index contributed by atoms with van der Waals surface area (Å²) in [6.07, 6.45) is 0. The van der Waals surface area contributed by atoms with Gasteiger partial charge in [0.25, 0.3) is 6.71 Å². The molecule has 0 fully saturated rings. The maximum Gasteiger partial charge on any atom is 0.252 e. The first kappa shape index (κ1) is 56.1. The van der Waals surface area contributed by atoms with Crippen LogP contribution in [0.3, 0.4) is 0 Å². The summed E-state index contributed by atoms with van der Waals surface area (Å²) in [6.45, 7) is 28.3. The zero-order valence-electron chi connectivity index (χ0n) is 53.6. The molecule has 2 heterocycles. The average molecular weight is 1150 g/mol. The van der Waals surface area contributed by atoms with E-state index in [0.717, 1.165) is 5.56 Å². The molecule has 0 aromatic heterocycles. The maximum atomic E-state index is 2.72. The monoisotopic (exact) mass is 1150 g/mol. The molecule has 89 heavy (non-hydrogen) atoms. The summed E-state index contributed by atoms with van der Waals surface area (Å²) < 4.78 is 0. The van der Waals surface area contributed by atoms with Gasteiger partial charge in [0.2, 0.25) is 0 Å². The van der Waals surface area contributed by atoms with Crippen LogP contribution in [0.4, 0.5) is 34.1 Å². The minimum atomic E-state index is -0.151. The van der Waals surface area contributed by atoms with Gasteiger partial charge in [-0.2, -0.15) is 0 Å². The Balaban J connectivity index is 1.18. The van der Waals surface area contributed by atoms with Crippen molar-refractivity contribution in [2.75, 3.05) is 9.80 Å². The highest BCUT2D eigenvalue weighted by Gasteiger charge is 2.46. The number of nitrogens with zero attached hydrogens (tertiary/aromatic N) is 2. The van der Waals surface area contributed by atoms with Gasteiger partial charge in [-0.05, 0) is 210 Å². The normalized spacial score (nSPS) is 13.3. The molecule has 0 saturated heterocycles. The van der Waals surface area contributed by atoms with Gasteiger partial charge >= 0.3 is 0 Å². The molecule has 0 amide bonds. The number of hydrogen-bond acceptors (Lipinski definition) is 2. The fourth-order valence-electron chi connectivity index (χ4n) is 14.3. The van der Waals surface area contributed by atoms with Gasteiger partial charge in [-0.15, -0.1) is 0 Å². The molecule has 2 nitrogen and oxygen atoms in total. The smallest absolute Gasteiger partial charge is 0.252 e. The molecule has 2 aliphatic rings. The second-order valence-electron chi connectivity index (χ2n) is 29.5. The predicted octanol–water partition coefficient (Wildman–Crippen LogP) is 22.2. The van der Waals surface area contributed by atoms with Gasteiger partial charge in [0.15, 0.2) is 0 Å². The Hall–Kier alpha value is -9.44. The molecule has 0 saturated carbocycles. The molecule has 0 bridgehead atoms. The molecule has 13 aromatic rings. The third-order valence-electron chi connectivity index (χ3n) is 19.3. The maximum absolute atomic E-state index is 2.72. The molecule has 2 aliphatic heterocycles. The molecule has 13 aromatic carbocycles. The molecule has 0 unspecified atom stereocenters. The van der Waals surface area contributed by atoms with Crippen molar-refractivity contribution >= 4 is 100 Å². The van der Waals surface area contributed by atoms with Crippen molar-refractivity contribution in [3.05, 3.63) is 271 Å². The number of fused-ring (bicyclic) bond motifs is 10. The number of benzene rings is 13. The molecule has 0 spiro atoms. The molecule has 0 atom stereocenters. The lowest BCUT2D eigenvalue weighted by molar-refractivity contribution is 0.568. The molecule has 0 N–H and O–H groups in total. The Morgan fingerprint density at radius 2 is 0.607 bits per heavy atom. The minimum Gasteiger partial charge on any atom is -0.311 e. The van der Waals surface area contributed by atoms with E-state index in [1.54, 1.807) is 0 Å². The lowest BCUT2D eigenvalue weighted by atomic mass is 9.33. The fraction of sp³-hybridized carbons (Fsp3) is 0.186. The van der Waals surface area contributed by atoms with Crippen LogP contribution in [0.5, 0.6) is 0 Å². The zero-order valence-corrected chi connectivity index (χ0v) is 53.6. The second-order valence-corrected chi connectivity index (χ2v) is 29.5. The van der Waals surface area contributed by atoms with E-state index in [0.29, 0.717) is 0 Å². The van der Waals surface area contributed by atoms with Crippen molar-refractivity contribution in [2.45, 2.75) is 105 Å². The van der Waals surface area contributed by atoms with Gasteiger partial charge in [0.05, 0.1) is 0 Å². The molecule has 3 heteroatoms. The van der Waals surface area contributed by atoms with Crippen LogP contribution in [-0.4, -0.2) is 6.71 Å². The summed E-state index contributed by atoms with van der Waals surface area (Å²) in [6, 6.07) is 95.9. The Labute approximate surface area is 527 Å². The van der Waals surface area contributed by atoms with Gasteiger partial charge in [-0.3, -0.25) is 0 Å². The number of hydrogen-bond donors (Lipinski definition) is 0. The van der Waals surface area contributed by atoms with Crippen LogP contribution in [0.2, 0.25) is 0 Å². The standard InChI is InChI=1S/C86H77BN2/c1-83(2,3)65-48-66(84(4,5)6)51-69(50-65)88-77-46-64(79-71(55-28-18-14-19-29-55)44-63(54-26-16-13-17-27-54)45-72(79)56-30-20-15-21-31-56)47-78-80(77)87(75-38-36-61-40-57-32-22-24-34-59(57)42-73(61)81(75)88)76-39-37-62-41-58-33-23-25-35-60(58)43-74(62)82(76)89(78)70-52-67(85(7,8)9)49-68(53-70)86(10,11)12/h13-53H,1-12H3. The summed E-state index contributed by atoms with van der Waals surface area (Å²) in [4.78, 5) is 5.45. The Bertz CT molecular complexity index is 4640. The van der Waals surface area contributed by atoms with Crippen molar-refractivity contribution in [2.24, 2.45) is 0 Å². The summed E-state index contributed by atoms with van der Waals surface area (Å²) in [5.41, 5.74) is 25.1. The molecule has 0 aliphatic carbocycles. The first-order chi connectivity index (χ1) is 42.6. The summed E-state index contributed by atoms with van der Waals surface area (Å²) in [7, 11) is 0. The Morgan fingerprint density at radius 3 is 0.966 bits per heavy atom. The summed E-state index contributed by atoms with van der Waals surface area (Å²) >= 11 is 0. The highest BCUT2D eigenvalue weighted by molar-refractivity contribution is 7.00. The quantitative estimate of drug-likeness (QED) is 0.121. The van der Waals surface area contributed by atoms with Crippen LogP contribution >= 0.6 is 0 Å². The van der Waals surface area contributed by atoms with E-state index in [2.05, 4.69) is 342 Å². The van der Waals surface area contributed by atoms with Crippen molar-refractivity contribution < 1.29 is 0 Å². The molecule has 15 rings (SSSR count). The van der Waals surface area contributed by atoms with Gasteiger partial charge in [-0.1, -0.05) is 259 Å². The predicted molar refractivity (Wildman–Crippen MR) is 387 cm³/mol. The van der Waals surface area contributed by atoms with E-state index in [4.69, 9.17) is 0 Å². The highest BCUT2D eigenvalue weighted by atomic mass is 15.2. The van der Waals surface area contributed by atoms with E-state index in [1.165, 1.54) is 155 Å². The van der Waals surface area contributed by atoms with Crippen molar-refractivity contribution in [1.82, 2.24) is 0 Å². The van der Waals surface area contributed by atoms with Gasteiger partial charge in [-0.25, -0.2) is 0 Å². The van der Waals surface area contributed by atoms with Crippen LogP contribution in [0.1, 0.15) is 105 Å². The first-order valence-electron chi connectivity index (χ1n) is 32.0. The molecular formula is C86H77BN2. The van der Waals surface area contributed by atoms with E-state index < -0.39 is 0 Å². The van der Waals surface area contributed by atoms with Gasteiger partial charge in [0.1, 0.15) is 0 Å². The zero-order chi connectivity index (χ0) is 61.5. The Morgan fingerprint density at radius 1 is 0.270 bits per heavy atom. The Kier molecular flexibility index (Phi) is 13.0. The molecular weight excluding hydrogens is 1070 g/mol. The van der Waals surface area contributed by atoms with Crippen LogP contribution in [0.15, 0.2) is 249 Å². The highest BCUT2D eigenvalue weighted by Crippen LogP contribution is 2.54. The lowest BCUT2D eigenvalue weighted by Gasteiger charge is -2.46. The van der Waals surface area contributed by atoms with Gasteiger partial charge < -0.3 is 9.80 Å². The van der Waals surface area contributed by atoms with Gasteiger partial charge in [0, 0.05) is 44.9 Å². The number of rotatable bonds is 6. The van der Waals surface area contributed by atoms with Crippen LogP contribution in [0.25, 0.3) is 87.6 Å². The second kappa shape index (κ2) is 20.6. The third kappa shape index (κ3) is 9.64. The first-order valence-corrected chi connectivity index (χ1v) is 32.0. The van der Waals surface area contributed by atoms with E-state index in [9.17, 15) is 0 Å². The van der Waals surface area contributed by atoms with Crippen molar-refractivity contribution in [1.29, 1.82) is 0 Å². The lowest BCUT2D eigenvalue weighted by Crippen LogP contribution is -2.61. The van der Waals surface area contributed by atoms with E-state index in [1.807, 2.05) is 0 Å². The van der Waals surface area contributed by atoms with Crippen molar-refractivity contribution in [3.63, 3.8) is 0 Å². The topological polar surface area (TPSA) is 6.48 Å². The average Bonchev–Trinajstić information content (AvgIpc) is 0.687.